The largest absolute Gasteiger partial charge is 0.422 e. The Bertz CT molecular complexity index is 1130. The number of amides is 1. The van der Waals surface area contributed by atoms with Crippen molar-refractivity contribution >= 4 is 45.7 Å². The number of thioether (sulfide) groups is 1. The van der Waals surface area contributed by atoms with Crippen molar-refractivity contribution in [3.8, 4) is 5.75 Å². The standard InChI is InChI=1S/C21H14N2O3S/c22-21-23-19(24)18(27-21)12-14-7-2-4-11-17(14)26-20(25)16-10-5-8-13-6-1-3-9-15(13)16/h1-12H,(H2,22,23,24)/b18-12-. The summed E-state index contributed by atoms with van der Waals surface area (Å²) in [6.45, 7) is 0. The van der Waals surface area contributed by atoms with Crippen molar-refractivity contribution in [3.63, 3.8) is 0 Å². The maximum absolute atomic E-state index is 12.8. The summed E-state index contributed by atoms with van der Waals surface area (Å²) in [5, 5.41) is 1.99. The summed E-state index contributed by atoms with van der Waals surface area (Å²) in [7, 11) is 0. The quantitative estimate of drug-likeness (QED) is 0.426. The van der Waals surface area contributed by atoms with E-state index in [2.05, 4.69) is 4.99 Å². The van der Waals surface area contributed by atoms with Crippen LogP contribution in [0.15, 0.2) is 76.6 Å². The summed E-state index contributed by atoms with van der Waals surface area (Å²) in [5.74, 6) is -0.492. The van der Waals surface area contributed by atoms with E-state index in [0.29, 0.717) is 21.8 Å². The number of nitrogens with two attached hydrogens (primary N) is 1. The number of hydrogen-bond acceptors (Lipinski definition) is 5. The number of fused-ring (bicyclic) bond motifs is 1. The van der Waals surface area contributed by atoms with Crippen molar-refractivity contribution in [2.24, 2.45) is 10.7 Å². The Morgan fingerprint density at radius 2 is 1.74 bits per heavy atom. The number of benzene rings is 3. The highest BCUT2D eigenvalue weighted by atomic mass is 32.2. The lowest BCUT2D eigenvalue weighted by Crippen LogP contribution is -2.10. The second-order valence-corrected chi connectivity index (χ2v) is 6.88. The van der Waals surface area contributed by atoms with Gasteiger partial charge in [-0.15, -0.1) is 0 Å². The Morgan fingerprint density at radius 1 is 1.00 bits per heavy atom. The fraction of sp³-hybridized carbons (Fsp3) is 0. The fourth-order valence-electron chi connectivity index (χ4n) is 2.82. The minimum absolute atomic E-state index is 0.205. The summed E-state index contributed by atoms with van der Waals surface area (Å²) in [6, 6.07) is 20.1. The number of ether oxygens (including phenoxy) is 1. The van der Waals surface area contributed by atoms with Gasteiger partial charge in [-0.3, -0.25) is 4.79 Å². The summed E-state index contributed by atoms with van der Waals surface area (Å²) in [6.07, 6.45) is 1.63. The van der Waals surface area contributed by atoms with Crippen LogP contribution in [-0.4, -0.2) is 17.0 Å². The maximum atomic E-state index is 12.8. The predicted molar refractivity (Wildman–Crippen MR) is 108 cm³/mol. The summed E-state index contributed by atoms with van der Waals surface area (Å²) >= 11 is 1.09. The van der Waals surface area contributed by atoms with Crippen molar-refractivity contribution in [1.29, 1.82) is 0 Å². The van der Waals surface area contributed by atoms with Crippen molar-refractivity contribution < 1.29 is 14.3 Å². The van der Waals surface area contributed by atoms with Crippen LogP contribution in [0.25, 0.3) is 16.8 Å². The third-order valence-electron chi connectivity index (χ3n) is 4.05. The first kappa shape index (κ1) is 17.1. The van der Waals surface area contributed by atoms with Gasteiger partial charge >= 0.3 is 5.97 Å². The molecule has 3 aromatic carbocycles. The molecule has 1 heterocycles. The SMILES string of the molecule is NC1=NC(=O)/C(=C/c2ccccc2OC(=O)c2cccc3ccccc23)S1. The molecule has 0 spiro atoms. The number of hydrogen-bond donors (Lipinski definition) is 1. The van der Waals surface area contributed by atoms with Gasteiger partial charge in [-0.25, -0.2) is 4.79 Å². The van der Waals surface area contributed by atoms with Gasteiger partial charge in [0.25, 0.3) is 5.91 Å². The molecule has 0 atom stereocenters. The molecule has 1 aliphatic rings. The van der Waals surface area contributed by atoms with Gasteiger partial charge in [0.1, 0.15) is 5.75 Å². The lowest BCUT2D eigenvalue weighted by molar-refractivity contribution is -0.113. The number of amidine groups is 1. The van der Waals surface area contributed by atoms with Crippen LogP contribution in [0.3, 0.4) is 0 Å². The highest BCUT2D eigenvalue weighted by Crippen LogP contribution is 2.30. The molecule has 0 radical (unpaired) electrons. The number of aliphatic imine (C=N–C) groups is 1. The number of esters is 1. The van der Waals surface area contributed by atoms with Crippen LogP contribution in [0.2, 0.25) is 0 Å². The summed E-state index contributed by atoms with van der Waals surface area (Å²) in [5.41, 5.74) is 6.67. The number of para-hydroxylation sites is 1. The van der Waals surface area contributed by atoms with Crippen LogP contribution in [0.4, 0.5) is 0 Å². The Kier molecular flexibility index (Phi) is 4.48. The normalized spacial score (nSPS) is 15.2. The molecule has 4 rings (SSSR count). The van der Waals surface area contributed by atoms with Gasteiger partial charge in [0.2, 0.25) is 0 Å². The third-order valence-corrected chi connectivity index (χ3v) is 4.87. The van der Waals surface area contributed by atoms with Crippen LogP contribution in [0.1, 0.15) is 15.9 Å². The topological polar surface area (TPSA) is 81.8 Å². The van der Waals surface area contributed by atoms with E-state index in [1.807, 2.05) is 36.4 Å². The minimum Gasteiger partial charge on any atom is -0.422 e. The van der Waals surface area contributed by atoms with Crippen molar-refractivity contribution in [2.75, 3.05) is 0 Å². The Labute approximate surface area is 159 Å². The molecule has 2 N–H and O–H groups in total. The van der Waals surface area contributed by atoms with E-state index in [1.165, 1.54) is 0 Å². The highest BCUT2D eigenvalue weighted by molar-refractivity contribution is 8.18. The van der Waals surface area contributed by atoms with E-state index in [4.69, 9.17) is 10.5 Å². The van der Waals surface area contributed by atoms with Gasteiger partial charge in [-0.1, -0.05) is 54.6 Å². The first-order valence-electron chi connectivity index (χ1n) is 8.19. The second kappa shape index (κ2) is 7.09. The Hall–Kier alpha value is -3.38. The zero-order valence-electron chi connectivity index (χ0n) is 14.1. The lowest BCUT2D eigenvalue weighted by atomic mass is 10.0. The molecule has 0 aliphatic carbocycles. The molecule has 6 heteroatoms. The minimum atomic E-state index is -0.459. The van der Waals surface area contributed by atoms with Crippen LogP contribution in [0, 0.1) is 0 Å². The molecular weight excluding hydrogens is 360 g/mol. The highest BCUT2D eigenvalue weighted by Gasteiger charge is 2.20. The molecule has 1 amide bonds. The van der Waals surface area contributed by atoms with E-state index in [9.17, 15) is 9.59 Å². The molecular formula is C21H14N2O3S. The fourth-order valence-corrected chi connectivity index (χ4v) is 3.49. The number of rotatable bonds is 3. The molecule has 0 saturated carbocycles. The van der Waals surface area contributed by atoms with Gasteiger partial charge < -0.3 is 10.5 Å². The molecule has 1 aliphatic heterocycles. The van der Waals surface area contributed by atoms with E-state index in [1.54, 1.807) is 36.4 Å². The maximum Gasteiger partial charge on any atom is 0.344 e. The first-order valence-corrected chi connectivity index (χ1v) is 9.00. The first-order chi connectivity index (χ1) is 13.1. The molecule has 132 valence electrons. The van der Waals surface area contributed by atoms with E-state index >= 15 is 0 Å². The molecule has 0 bridgehead atoms. The van der Waals surface area contributed by atoms with Gasteiger partial charge in [0.05, 0.1) is 10.5 Å². The average Bonchev–Trinajstić information content (AvgIpc) is 2.99. The molecule has 0 unspecified atom stereocenters. The number of carbonyl (C=O) groups is 2. The van der Waals surface area contributed by atoms with Gasteiger partial charge in [0.15, 0.2) is 5.17 Å². The van der Waals surface area contributed by atoms with Crippen LogP contribution in [-0.2, 0) is 4.79 Å². The zero-order valence-corrected chi connectivity index (χ0v) is 14.9. The van der Waals surface area contributed by atoms with Gasteiger partial charge in [-0.05, 0) is 40.7 Å². The predicted octanol–water partition coefficient (Wildman–Crippen LogP) is 3.99. The van der Waals surface area contributed by atoms with Crippen LogP contribution in [0.5, 0.6) is 5.75 Å². The zero-order chi connectivity index (χ0) is 18.8. The molecule has 0 saturated heterocycles. The van der Waals surface area contributed by atoms with E-state index in [-0.39, 0.29) is 5.17 Å². The molecule has 0 fully saturated rings. The molecule has 27 heavy (non-hydrogen) atoms. The van der Waals surface area contributed by atoms with Crippen LogP contribution >= 0.6 is 11.8 Å². The molecule has 3 aromatic rings. The lowest BCUT2D eigenvalue weighted by Gasteiger charge is -2.09. The van der Waals surface area contributed by atoms with Crippen molar-refractivity contribution in [2.45, 2.75) is 0 Å². The number of nitrogens with zero attached hydrogens (tertiary/aromatic N) is 1. The molecule has 0 aromatic heterocycles. The van der Waals surface area contributed by atoms with Gasteiger partial charge in [0, 0.05) is 5.56 Å². The third kappa shape index (κ3) is 3.47. The van der Waals surface area contributed by atoms with E-state index < -0.39 is 11.9 Å². The Morgan fingerprint density at radius 3 is 2.56 bits per heavy atom. The number of carbonyl (C=O) groups excluding carboxylic acids is 2. The van der Waals surface area contributed by atoms with Crippen molar-refractivity contribution in [1.82, 2.24) is 0 Å². The Balaban J connectivity index is 1.66. The van der Waals surface area contributed by atoms with Crippen LogP contribution < -0.4 is 10.5 Å². The van der Waals surface area contributed by atoms with Crippen molar-refractivity contribution in [3.05, 3.63) is 82.8 Å². The summed E-state index contributed by atoms with van der Waals surface area (Å²) in [4.78, 5) is 28.7. The monoisotopic (exact) mass is 374 g/mol. The average molecular weight is 374 g/mol. The van der Waals surface area contributed by atoms with Gasteiger partial charge in [-0.2, -0.15) is 4.99 Å². The smallest absolute Gasteiger partial charge is 0.344 e. The van der Waals surface area contributed by atoms with E-state index in [0.717, 1.165) is 22.5 Å². The second-order valence-electron chi connectivity index (χ2n) is 5.82. The molecule has 5 nitrogen and oxygen atoms in total. The summed E-state index contributed by atoms with van der Waals surface area (Å²) < 4.78 is 5.64.